The molecule has 18 heteroatoms. The zero-order valence-corrected chi connectivity index (χ0v) is 29.0. The lowest BCUT2D eigenvalue weighted by Crippen LogP contribution is -2.33. The van der Waals surface area contributed by atoms with Crippen LogP contribution in [0, 0.1) is 17.5 Å². The first-order valence-corrected chi connectivity index (χ1v) is 17.1. The number of halogens is 9. The normalized spacial score (nSPS) is 16.1. The molecule has 294 valence electrons. The van der Waals surface area contributed by atoms with Gasteiger partial charge in [-0.05, 0) is 60.0 Å². The van der Waals surface area contributed by atoms with Gasteiger partial charge >= 0.3 is 0 Å². The number of hydrogen-bond donors (Lipinski definition) is 1. The second-order valence-electron chi connectivity index (χ2n) is 13.6. The van der Waals surface area contributed by atoms with Crippen LogP contribution in [0.5, 0.6) is 0 Å². The van der Waals surface area contributed by atoms with Gasteiger partial charge in [-0.1, -0.05) is 18.2 Å². The molecule has 1 atom stereocenters. The molecule has 0 unspecified atom stereocenters. The van der Waals surface area contributed by atoms with Crippen LogP contribution in [0.3, 0.4) is 0 Å². The van der Waals surface area contributed by atoms with Gasteiger partial charge in [-0.25, -0.2) is 35.6 Å². The lowest BCUT2D eigenvalue weighted by Gasteiger charge is -2.29. The predicted octanol–water partition coefficient (Wildman–Crippen LogP) is 8.16. The van der Waals surface area contributed by atoms with Crippen LogP contribution < -0.4 is 10.6 Å². The van der Waals surface area contributed by atoms with Gasteiger partial charge in [0, 0.05) is 36.8 Å². The average molecular weight is 800 g/mol. The number of fused-ring (bicyclic) bond motifs is 2. The smallest absolute Gasteiger partial charge is 0.290 e. The number of carbonyl (C=O) groups is 4. The molecule has 7 rings (SSSR count). The van der Waals surface area contributed by atoms with Gasteiger partial charge in [-0.15, -0.1) is 0 Å². The number of primary amides is 1. The van der Waals surface area contributed by atoms with Gasteiger partial charge in [0.1, 0.15) is 35.4 Å². The Bertz CT molecular complexity index is 2450. The van der Waals surface area contributed by atoms with Crippen LogP contribution >= 0.6 is 0 Å². The Morgan fingerprint density at radius 2 is 1.44 bits per heavy atom. The Morgan fingerprint density at radius 3 is 2.05 bits per heavy atom. The number of rotatable bonds is 11. The van der Waals surface area contributed by atoms with E-state index in [4.69, 9.17) is 5.73 Å². The number of benzene rings is 3. The maximum atomic E-state index is 15.1. The number of alkyl halides is 6. The Kier molecular flexibility index (Phi) is 9.77. The van der Waals surface area contributed by atoms with Crippen molar-refractivity contribution < 1.29 is 58.7 Å². The van der Waals surface area contributed by atoms with E-state index in [1.165, 1.54) is 36.4 Å². The van der Waals surface area contributed by atoms with E-state index in [-0.39, 0.29) is 43.9 Å². The third kappa shape index (κ3) is 7.15. The van der Waals surface area contributed by atoms with Crippen LogP contribution in [0.2, 0.25) is 0 Å². The summed E-state index contributed by atoms with van der Waals surface area (Å²) in [6.07, 6.45) is -6.76. The van der Waals surface area contributed by atoms with E-state index in [0.29, 0.717) is 6.07 Å². The van der Waals surface area contributed by atoms with E-state index in [2.05, 4.69) is 10.1 Å². The minimum absolute atomic E-state index is 0.0152. The van der Waals surface area contributed by atoms with Crippen LogP contribution in [0.25, 0.3) is 11.1 Å². The van der Waals surface area contributed by atoms with E-state index in [1.807, 2.05) is 0 Å². The highest BCUT2D eigenvalue weighted by Crippen LogP contribution is 2.52. The molecule has 1 aliphatic carbocycles. The van der Waals surface area contributed by atoms with Gasteiger partial charge in [0.25, 0.3) is 36.0 Å². The SMILES string of the molecule is NC(=O)c1cc(-c2cc(N3C(=O)c4ccccc4C3=O)cnc2[C@@H](CC(=O)Cn2nc(C(F)F)c3c2C(F)(F)CCC3(F)F)Cc2cc(F)cc(F)c2)ccc1F. The summed E-state index contributed by atoms with van der Waals surface area (Å²) in [6, 6.07) is 12.6. The van der Waals surface area contributed by atoms with Crippen molar-refractivity contribution in [2.45, 2.75) is 56.4 Å². The number of ketones is 1. The molecule has 57 heavy (non-hydrogen) atoms. The van der Waals surface area contributed by atoms with Crippen LogP contribution in [0.1, 0.15) is 90.9 Å². The van der Waals surface area contributed by atoms with Crippen molar-refractivity contribution in [2.24, 2.45) is 5.73 Å². The highest BCUT2D eigenvalue weighted by atomic mass is 19.3. The van der Waals surface area contributed by atoms with E-state index >= 15 is 8.78 Å². The van der Waals surface area contributed by atoms with Gasteiger partial charge in [-0.3, -0.25) is 28.8 Å². The highest BCUT2D eigenvalue weighted by Gasteiger charge is 2.55. The van der Waals surface area contributed by atoms with Crippen molar-refractivity contribution in [1.29, 1.82) is 0 Å². The standard InChI is InChI=1S/C39H26F9N5O4/c40-21-10-18(11-22(41)14-21)9-20(12-24(54)17-52-33-30(32(51-52)34(43)44)38(45,46)7-8-39(33,47)48)31-27(19-5-6-29(42)28(13-19)35(49)55)15-23(16-50-31)53-36(56)25-3-1-2-4-26(25)37(53)57/h1-6,10-11,13-16,20,34H,7-9,12,17H2,(H2,49,55)/t20-/m1/s1. The molecule has 0 saturated carbocycles. The minimum atomic E-state index is -4.12. The fourth-order valence-corrected chi connectivity index (χ4v) is 7.27. The fraction of sp³-hybridized carbons (Fsp3) is 0.231. The summed E-state index contributed by atoms with van der Waals surface area (Å²) in [6.45, 7) is -1.22. The summed E-state index contributed by atoms with van der Waals surface area (Å²) < 4.78 is 131. The molecule has 0 fully saturated rings. The molecule has 0 saturated heterocycles. The molecule has 2 aliphatic rings. The molecule has 0 radical (unpaired) electrons. The second-order valence-corrected chi connectivity index (χ2v) is 13.6. The molecule has 9 nitrogen and oxygen atoms in total. The molecular formula is C39H26F9N5O4. The Morgan fingerprint density at radius 1 is 0.807 bits per heavy atom. The number of Topliss-reactive ketones (excluding diaryl/α,β-unsaturated/α-hetero) is 1. The predicted molar refractivity (Wildman–Crippen MR) is 182 cm³/mol. The van der Waals surface area contributed by atoms with Crippen molar-refractivity contribution in [3.63, 3.8) is 0 Å². The largest absolute Gasteiger partial charge is 0.366 e. The first kappa shape index (κ1) is 38.9. The van der Waals surface area contributed by atoms with Crippen LogP contribution in [0.15, 0.2) is 72.9 Å². The summed E-state index contributed by atoms with van der Waals surface area (Å²) >= 11 is 0. The Labute approximate surface area is 315 Å². The van der Waals surface area contributed by atoms with Crippen molar-refractivity contribution >= 4 is 29.2 Å². The maximum absolute atomic E-state index is 15.1. The molecule has 3 amide bonds. The second kappa shape index (κ2) is 14.3. The van der Waals surface area contributed by atoms with Crippen LogP contribution in [0.4, 0.5) is 45.2 Å². The number of hydrogen-bond acceptors (Lipinski definition) is 6. The quantitative estimate of drug-likeness (QED) is 0.106. The monoisotopic (exact) mass is 799 g/mol. The number of nitrogens with two attached hydrogens (primary N) is 1. The van der Waals surface area contributed by atoms with E-state index in [0.717, 1.165) is 35.4 Å². The Balaban J connectivity index is 1.36. The molecule has 1 aliphatic heterocycles. The highest BCUT2D eigenvalue weighted by molar-refractivity contribution is 6.34. The summed E-state index contributed by atoms with van der Waals surface area (Å²) in [5.41, 5.74) is -0.392. The molecule has 2 N–H and O–H groups in total. The van der Waals surface area contributed by atoms with E-state index in [1.54, 1.807) is 0 Å². The van der Waals surface area contributed by atoms with Crippen molar-refractivity contribution in [3.8, 4) is 11.1 Å². The first-order chi connectivity index (χ1) is 26.9. The molecule has 5 aromatic rings. The van der Waals surface area contributed by atoms with Crippen molar-refractivity contribution in [1.82, 2.24) is 14.8 Å². The molecule has 0 bridgehead atoms. The lowest BCUT2D eigenvalue weighted by atomic mass is 9.86. The topological polar surface area (TPSA) is 128 Å². The van der Waals surface area contributed by atoms with Crippen molar-refractivity contribution in [2.75, 3.05) is 4.90 Å². The Hall–Kier alpha value is -6.33. The van der Waals surface area contributed by atoms with Gasteiger partial charge in [0.05, 0.1) is 39.8 Å². The number of nitrogens with zero attached hydrogens (tertiary/aromatic N) is 4. The summed E-state index contributed by atoms with van der Waals surface area (Å²) in [7, 11) is 0. The van der Waals surface area contributed by atoms with E-state index < -0.39 is 120 Å². The molecule has 3 aromatic carbocycles. The third-order valence-corrected chi connectivity index (χ3v) is 9.74. The molecular weight excluding hydrogens is 773 g/mol. The van der Waals surface area contributed by atoms with Crippen molar-refractivity contribution in [3.05, 3.63) is 135 Å². The molecule has 2 aromatic heterocycles. The number of imide groups is 1. The zero-order chi connectivity index (χ0) is 41.1. The fourth-order valence-electron chi connectivity index (χ4n) is 7.27. The summed E-state index contributed by atoms with van der Waals surface area (Å²) in [5.74, 6) is -16.4. The third-order valence-electron chi connectivity index (χ3n) is 9.74. The number of pyridine rings is 1. The van der Waals surface area contributed by atoms with Crippen LogP contribution in [-0.4, -0.2) is 38.3 Å². The van der Waals surface area contributed by atoms with Gasteiger partial charge in [0.15, 0.2) is 5.78 Å². The van der Waals surface area contributed by atoms with Gasteiger partial charge in [-0.2, -0.15) is 13.9 Å². The molecule has 0 spiro atoms. The van der Waals surface area contributed by atoms with Gasteiger partial charge in [0.2, 0.25) is 0 Å². The minimum Gasteiger partial charge on any atom is -0.366 e. The summed E-state index contributed by atoms with van der Waals surface area (Å²) in [5, 5.41) is 3.32. The number of carbonyl (C=O) groups excluding carboxylic acids is 4. The number of aromatic nitrogens is 3. The lowest BCUT2D eigenvalue weighted by molar-refractivity contribution is -0.121. The summed E-state index contributed by atoms with van der Waals surface area (Å²) in [4.78, 5) is 58.0. The van der Waals surface area contributed by atoms with Crippen LogP contribution in [-0.2, 0) is 29.6 Å². The average Bonchev–Trinajstić information content (AvgIpc) is 3.66. The van der Waals surface area contributed by atoms with Gasteiger partial charge < -0.3 is 5.73 Å². The number of anilines is 1. The zero-order valence-electron chi connectivity index (χ0n) is 29.0. The first-order valence-electron chi connectivity index (χ1n) is 17.1. The van der Waals surface area contributed by atoms with E-state index in [9.17, 15) is 49.9 Å². The number of amides is 3. The maximum Gasteiger partial charge on any atom is 0.290 e. The molecule has 3 heterocycles.